The van der Waals surface area contributed by atoms with Gasteiger partial charge in [-0.2, -0.15) is 0 Å². The average Bonchev–Trinajstić information content (AvgIpc) is 1.53. The Morgan fingerprint density at radius 2 is 1.58 bits per heavy atom. The Morgan fingerprint density at radius 3 is 1.83 bits per heavy atom. The first-order valence-corrected chi connectivity index (χ1v) is 4.30. The highest BCUT2D eigenvalue weighted by atomic mass is 16.3. The van der Waals surface area contributed by atoms with Crippen molar-refractivity contribution in [1.29, 1.82) is 0 Å². The highest BCUT2D eigenvalue weighted by molar-refractivity contribution is 4.56. The van der Waals surface area contributed by atoms with Gasteiger partial charge in [0.05, 0.1) is 21.1 Å². The minimum atomic E-state index is -0.144. The van der Waals surface area contributed by atoms with Gasteiger partial charge in [0.15, 0.2) is 0 Å². The number of quaternary nitrogens is 1. The molecule has 0 aliphatic carbocycles. The molecule has 2 nitrogen and oxygen atoms in total. The minimum Gasteiger partial charge on any atom is -0.387 e. The summed E-state index contributed by atoms with van der Waals surface area (Å²) in [7, 11) is 6.30. The lowest BCUT2D eigenvalue weighted by atomic mass is 10.1. The van der Waals surface area contributed by atoms with Gasteiger partial charge in [-0.25, -0.2) is 0 Å². The van der Waals surface area contributed by atoms with Crippen LogP contribution in [0.15, 0.2) is 0 Å². The molecule has 1 atom stereocenters. The molecule has 1 unspecified atom stereocenters. The molecule has 0 fully saturated rings. The lowest BCUT2D eigenvalue weighted by Gasteiger charge is -2.27. The maximum atomic E-state index is 9.54. The summed E-state index contributed by atoms with van der Waals surface area (Å²) in [5.41, 5.74) is 0. The van der Waals surface area contributed by atoms with Gasteiger partial charge in [0.25, 0.3) is 0 Å². The predicted octanol–water partition coefficient (Wildman–Crippen LogP) is 1.55. The van der Waals surface area contributed by atoms with Crippen molar-refractivity contribution in [2.24, 2.45) is 5.92 Å². The summed E-state index contributed by atoms with van der Waals surface area (Å²) in [5.74, 6) is 0.594. The number of aliphatic hydroxyl groups excluding tert-OH is 1. The van der Waals surface area contributed by atoms with Gasteiger partial charge >= 0.3 is 0 Å². The van der Waals surface area contributed by atoms with E-state index in [1.165, 1.54) is 0 Å². The molecule has 0 aromatic carbocycles. The topological polar surface area (TPSA) is 20.2 Å². The first-order chi connectivity index (χ1) is 4.81. The quantitative estimate of drug-likeness (QED) is 0.508. The van der Waals surface area contributed by atoms with Crippen molar-refractivity contribution in [3.05, 3.63) is 7.43 Å². The fourth-order valence-corrected chi connectivity index (χ4v) is 1.25. The number of rotatable bonds is 4. The molecule has 0 bridgehead atoms. The smallest absolute Gasteiger partial charge is 0.104 e. The van der Waals surface area contributed by atoms with Crippen molar-refractivity contribution in [3.63, 3.8) is 0 Å². The van der Waals surface area contributed by atoms with Crippen molar-refractivity contribution in [2.75, 3.05) is 27.7 Å². The summed E-state index contributed by atoms with van der Waals surface area (Å²) in [6.45, 7) is 5.12. The van der Waals surface area contributed by atoms with Gasteiger partial charge < -0.3 is 17.0 Å². The second-order valence-corrected chi connectivity index (χ2v) is 4.76. The van der Waals surface area contributed by atoms with E-state index in [4.69, 9.17) is 0 Å². The molecule has 0 aromatic heterocycles. The van der Waals surface area contributed by atoms with Crippen LogP contribution in [0.4, 0.5) is 0 Å². The lowest BCUT2D eigenvalue weighted by Crippen LogP contribution is -2.41. The third kappa shape index (κ3) is 9.92. The van der Waals surface area contributed by atoms with Crippen molar-refractivity contribution in [2.45, 2.75) is 26.4 Å². The molecule has 0 aliphatic rings. The van der Waals surface area contributed by atoms with Crippen LogP contribution in [-0.4, -0.2) is 43.4 Å². The first-order valence-electron chi connectivity index (χ1n) is 4.30. The Labute approximate surface area is 77.8 Å². The highest BCUT2D eigenvalue weighted by Crippen LogP contribution is 2.06. The summed E-state index contributed by atoms with van der Waals surface area (Å²) in [6.07, 6.45) is 0.769. The molecule has 0 aromatic rings. The molecule has 0 aliphatic heterocycles. The first kappa shape index (κ1) is 14.4. The molecule has 0 saturated heterocycles. The summed E-state index contributed by atoms with van der Waals surface area (Å²) in [4.78, 5) is 0. The van der Waals surface area contributed by atoms with Gasteiger partial charge in [-0.05, 0) is 12.3 Å². The standard InChI is InChI=1S/C9H22NO.CH3/c1-8(2)6-9(11)7-10(3,4)5;/h8-9,11H,6-7H2,1-5H3;1H3/q+1;-1. The third-order valence-electron chi connectivity index (χ3n) is 1.50. The van der Waals surface area contributed by atoms with E-state index in [0.717, 1.165) is 17.4 Å². The van der Waals surface area contributed by atoms with Gasteiger partial charge in [-0.15, -0.1) is 0 Å². The van der Waals surface area contributed by atoms with Gasteiger partial charge in [0, 0.05) is 0 Å². The number of hydrogen-bond acceptors (Lipinski definition) is 1. The Bertz CT molecular complexity index is 105. The normalized spacial score (nSPS) is 14.2. The highest BCUT2D eigenvalue weighted by Gasteiger charge is 2.15. The van der Waals surface area contributed by atoms with Crippen LogP contribution in [0.1, 0.15) is 20.3 Å². The average molecular weight is 175 g/mol. The Morgan fingerprint density at radius 1 is 1.17 bits per heavy atom. The van der Waals surface area contributed by atoms with Gasteiger partial charge in [-0.1, -0.05) is 13.8 Å². The number of hydrogen-bond donors (Lipinski definition) is 1. The van der Waals surface area contributed by atoms with Gasteiger partial charge in [0.1, 0.15) is 12.6 Å². The zero-order valence-corrected chi connectivity index (χ0v) is 9.46. The second kappa shape index (κ2) is 5.55. The minimum absolute atomic E-state index is 0. The Hall–Kier alpha value is -0.0800. The fraction of sp³-hybridized carbons (Fsp3) is 0.900. The molecule has 0 heterocycles. The number of likely N-dealkylation sites (N-methyl/N-ethyl adjacent to an activating group) is 1. The van der Waals surface area contributed by atoms with E-state index < -0.39 is 0 Å². The van der Waals surface area contributed by atoms with E-state index >= 15 is 0 Å². The molecular formula is C10H25NO. The maximum absolute atomic E-state index is 9.54. The number of aliphatic hydroxyl groups is 1. The molecule has 0 amide bonds. The van der Waals surface area contributed by atoms with Crippen LogP contribution < -0.4 is 0 Å². The number of nitrogens with zero attached hydrogens (tertiary/aromatic N) is 1. The molecule has 76 valence electrons. The molecule has 2 heteroatoms. The molecule has 0 saturated carbocycles. The van der Waals surface area contributed by atoms with Crippen LogP contribution in [0.3, 0.4) is 0 Å². The monoisotopic (exact) mass is 175 g/mol. The second-order valence-electron chi connectivity index (χ2n) is 4.76. The third-order valence-corrected chi connectivity index (χ3v) is 1.50. The van der Waals surface area contributed by atoms with Crippen LogP contribution in [-0.2, 0) is 0 Å². The van der Waals surface area contributed by atoms with Crippen LogP contribution in [0.2, 0.25) is 0 Å². The zero-order chi connectivity index (χ0) is 9.07. The fourth-order valence-electron chi connectivity index (χ4n) is 1.25. The van der Waals surface area contributed by atoms with Crippen LogP contribution in [0, 0.1) is 13.3 Å². The zero-order valence-electron chi connectivity index (χ0n) is 9.46. The lowest BCUT2D eigenvalue weighted by molar-refractivity contribution is -0.873. The van der Waals surface area contributed by atoms with E-state index in [2.05, 4.69) is 35.0 Å². The van der Waals surface area contributed by atoms with Crippen LogP contribution in [0.5, 0.6) is 0 Å². The molecule has 0 rings (SSSR count). The van der Waals surface area contributed by atoms with E-state index in [1.54, 1.807) is 0 Å². The summed E-state index contributed by atoms with van der Waals surface area (Å²) < 4.78 is 0.841. The van der Waals surface area contributed by atoms with Crippen LogP contribution >= 0.6 is 0 Å². The Kier molecular flexibility index (Phi) is 6.68. The summed E-state index contributed by atoms with van der Waals surface area (Å²) in [6, 6.07) is 0. The van der Waals surface area contributed by atoms with Crippen molar-refractivity contribution in [3.8, 4) is 0 Å². The largest absolute Gasteiger partial charge is 0.387 e. The summed E-state index contributed by atoms with van der Waals surface area (Å²) >= 11 is 0. The van der Waals surface area contributed by atoms with Crippen molar-refractivity contribution < 1.29 is 9.59 Å². The van der Waals surface area contributed by atoms with E-state index in [9.17, 15) is 5.11 Å². The Balaban J connectivity index is 0. The van der Waals surface area contributed by atoms with E-state index in [0.29, 0.717) is 5.92 Å². The summed E-state index contributed by atoms with van der Waals surface area (Å²) in [5, 5.41) is 9.54. The maximum Gasteiger partial charge on any atom is 0.104 e. The van der Waals surface area contributed by atoms with E-state index in [-0.39, 0.29) is 13.5 Å². The molecule has 12 heavy (non-hydrogen) atoms. The molecule has 0 radical (unpaired) electrons. The molecule has 0 spiro atoms. The van der Waals surface area contributed by atoms with Gasteiger partial charge in [-0.3, -0.25) is 0 Å². The van der Waals surface area contributed by atoms with Crippen molar-refractivity contribution in [1.82, 2.24) is 0 Å². The molecule has 1 N–H and O–H groups in total. The van der Waals surface area contributed by atoms with Crippen molar-refractivity contribution >= 4 is 0 Å². The molecular weight excluding hydrogens is 150 g/mol. The predicted molar refractivity (Wildman–Crippen MR) is 54.8 cm³/mol. The van der Waals surface area contributed by atoms with Crippen LogP contribution in [0.25, 0.3) is 0 Å². The SMILES string of the molecule is CC(C)CC(O)C[N+](C)(C)C.[CH3-]. The van der Waals surface area contributed by atoms with E-state index in [1.807, 2.05) is 0 Å². The van der Waals surface area contributed by atoms with Gasteiger partial charge in [0.2, 0.25) is 0 Å².